The average molecular weight is 419 g/mol. The minimum Gasteiger partial charge on any atom is -0.378 e. The Bertz CT molecular complexity index is 703. The predicted octanol–water partition coefficient (Wildman–Crippen LogP) is 3.93. The highest BCUT2D eigenvalue weighted by molar-refractivity contribution is 9.10. The van der Waals surface area contributed by atoms with Crippen molar-refractivity contribution >= 4 is 37.5 Å². The summed E-state index contributed by atoms with van der Waals surface area (Å²) in [4.78, 5) is 12.0. The van der Waals surface area contributed by atoms with Gasteiger partial charge < -0.3 is 5.32 Å². The van der Waals surface area contributed by atoms with Gasteiger partial charge in [0, 0.05) is 23.1 Å². The number of benzene rings is 1. The van der Waals surface area contributed by atoms with Gasteiger partial charge in [-0.05, 0) is 40.5 Å². The van der Waals surface area contributed by atoms with Crippen LogP contribution >= 0.6 is 31.9 Å². The Morgan fingerprint density at radius 3 is 2.86 bits per heavy atom. The molecule has 1 N–H and O–H groups in total. The molecule has 1 heterocycles. The lowest BCUT2D eigenvalue weighted by molar-refractivity contribution is 0.565. The molecular formula is C14H14Br2FN3O. The van der Waals surface area contributed by atoms with E-state index in [-0.39, 0.29) is 17.9 Å². The highest BCUT2D eigenvalue weighted by Crippen LogP contribution is 2.20. The minimum atomic E-state index is -0.297. The Morgan fingerprint density at radius 1 is 1.38 bits per heavy atom. The maximum Gasteiger partial charge on any atom is 0.283 e. The number of nitrogens with one attached hydrogen (secondary N) is 1. The quantitative estimate of drug-likeness (QED) is 0.800. The SMILES string of the molecule is CCCn1ncc(NCc2cc(Br)ccc2F)c(Br)c1=O. The lowest BCUT2D eigenvalue weighted by Gasteiger charge is -2.11. The highest BCUT2D eigenvalue weighted by atomic mass is 79.9. The maximum absolute atomic E-state index is 13.7. The van der Waals surface area contributed by atoms with E-state index in [1.54, 1.807) is 18.3 Å². The molecule has 21 heavy (non-hydrogen) atoms. The average Bonchev–Trinajstić information content (AvgIpc) is 2.46. The first-order chi connectivity index (χ1) is 10.0. The van der Waals surface area contributed by atoms with Crippen molar-refractivity contribution in [3.63, 3.8) is 0 Å². The van der Waals surface area contributed by atoms with Crippen LogP contribution in [0.4, 0.5) is 10.1 Å². The van der Waals surface area contributed by atoms with Crippen molar-refractivity contribution in [1.82, 2.24) is 9.78 Å². The first-order valence-corrected chi connectivity index (χ1v) is 8.05. The number of anilines is 1. The summed E-state index contributed by atoms with van der Waals surface area (Å²) in [6.45, 7) is 2.81. The fourth-order valence-corrected chi connectivity index (χ4v) is 2.68. The van der Waals surface area contributed by atoms with E-state index in [0.717, 1.165) is 10.9 Å². The molecule has 0 unspecified atom stereocenters. The number of hydrogen-bond donors (Lipinski definition) is 1. The summed E-state index contributed by atoms with van der Waals surface area (Å²) in [5.41, 5.74) is 0.859. The summed E-state index contributed by atoms with van der Waals surface area (Å²) < 4.78 is 16.3. The Morgan fingerprint density at radius 2 is 2.14 bits per heavy atom. The molecule has 0 fully saturated rings. The summed E-state index contributed by atoms with van der Waals surface area (Å²) in [5, 5.41) is 7.11. The standard InChI is InChI=1S/C14H14Br2FN3O/c1-2-5-20-14(21)13(16)12(8-19-20)18-7-9-6-10(15)3-4-11(9)17/h3-4,6,8,18H,2,5,7H2,1H3. The van der Waals surface area contributed by atoms with Crippen LogP contribution in [0.25, 0.3) is 0 Å². The third-order valence-corrected chi connectivity index (χ3v) is 4.16. The van der Waals surface area contributed by atoms with E-state index in [1.807, 2.05) is 6.92 Å². The van der Waals surface area contributed by atoms with Gasteiger partial charge in [-0.1, -0.05) is 22.9 Å². The molecule has 0 amide bonds. The molecule has 1 aromatic heterocycles. The molecule has 4 nitrogen and oxygen atoms in total. The van der Waals surface area contributed by atoms with Gasteiger partial charge in [0.15, 0.2) is 0 Å². The van der Waals surface area contributed by atoms with E-state index >= 15 is 0 Å². The molecule has 2 rings (SSSR count). The molecule has 112 valence electrons. The first-order valence-electron chi connectivity index (χ1n) is 6.46. The van der Waals surface area contributed by atoms with Crippen molar-refractivity contribution in [1.29, 1.82) is 0 Å². The van der Waals surface area contributed by atoms with Crippen molar-refractivity contribution in [3.8, 4) is 0 Å². The van der Waals surface area contributed by atoms with Gasteiger partial charge in [0.1, 0.15) is 10.3 Å². The topological polar surface area (TPSA) is 46.9 Å². The molecule has 0 aliphatic rings. The number of hydrogen-bond acceptors (Lipinski definition) is 3. The first kappa shape index (κ1) is 16.2. The summed E-state index contributed by atoms with van der Waals surface area (Å²) in [6.07, 6.45) is 2.40. The largest absolute Gasteiger partial charge is 0.378 e. The van der Waals surface area contributed by atoms with Crippen LogP contribution in [0, 0.1) is 5.82 Å². The van der Waals surface area contributed by atoms with Gasteiger partial charge in [0.05, 0.1) is 11.9 Å². The zero-order chi connectivity index (χ0) is 15.4. The number of aromatic nitrogens is 2. The van der Waals surface area contributed by atoms with Crippen LogP contribution in [-0.2, 0) is 13.1 Å². The Balaban J connectivity index is 2.19. The molecule has 0 atom stereocenters. The second kappa shape index (κ2) is 7.17. The zero-order valence-electron chi connectivity index (χ0n) is 11.4. The second-order valence-corrected chi connectivity index (χ2v) is 6.20. The third-order valence-electron chi connectivity index (χ3n) is 2.90. The summed E-state index contributed by atoms with van der Waals surface area (Å²) in [6, 6.07) is 4.73. The van der Waals surface area contributed by atoms with E-state index in [0.29, 0.717) is 22.3 Å². The molecule has 0 aliphatic carbocycles. The highest BCUT2D eigenvalue weighted by Gasteiger charge is 2.09. The number of nitrogens with zero attached hydrogens (tertiary/aromatic N) is 2. The van der Waals surface area contributed by atoms with Crippen LogP contribution in [0.2, 0.25) is 0 Å². The zero-order valence-corrected chi connectivity index (χ0v) is 14.5. The van der Waals surface area contributed by atoms with E-state index in [1.165, 1.54) is 10.7 Å². The van der Waals surface area contributed by atoms with Crippen LogP contribution in [-0.4, -0.2) is 9.78 Å². The monoisotopic (exact) mass is 417 g/mol. The third kappa shape index (κ3) is 3.91. The van der Waals surface area contributed by atoms with Crippen molar-refractivity contribution in [2.24, 2.45) is 0 Å². The van der Waals surface area contributed by atoms with Crippen LogP contribution < -0.4 is 10.9 Å². The normalized spacial score (nSPS) is 10.7. The molecular weight excluding hydrogens is 405 g/mol. The van der Waals surface area contributed by atoms with E-state index in [2.05, 4.69) is 42.3 Å². The van der Waals surface area contributed by atoms with Gasteiger partial charge in [-0.15, -0.1) is 0 Å². The smallest absolute Gasteiger partial charge is 0.283 e. The van der Waals surface area contributed by atoms with E-state index < -0.39 is 0 Å². The molecule has 0 saturated heterocycles. The Kier molecular flexibility index (Phi) is 5.52. The Hall–Kier alpha value is -1.21. The van der Waals surface area contributed by atoms with Gasteiger partial charge in [0.25, 0.3) is 5.56 Å². The van der Waals surface area contributed by atoms with Gasteiger partial charge in [-0.3, -0.25) is 4.79 Å². The number of rotatable bonds is 5. The van der Waals surface area contributed by atoms with Gasteiger partial charge in [-0.2, -0.15) is 5.10 Å². The lowest BCUT2D eigenvalue weighted by atomic mass is 10.2. The molecule has 7 heteroatoms. The van der Waals surface area contributed by atoms with Gasteiger partial charge in [-0.25, -0.2) is 9.07 Å². The number of halogens is 3. The van der Waals surface area contributed by atoms with Crippen LogP contribution in [0.3, 0.4) is 0 Å². The molecule has 2 aromatic rings. The maximum atomic E-state index is 13.7. The molecule has 0 radical (unpaired) electrons. The van der Waals surface area contributed by atoms with Gasteiger partial charge >= 0.3 is 0 Å². The van der Waals surface area contributed by atoms with Crippen molar-refractivity contribution in [2.45, 2.75) is 26.4 Å². The van der Waals surface area contributed by atoms with Crippen LogP contribution in [0.15, 0.2) is 38.1 Å². The van der Waals surface area contributed by atoms with E-state index in [9.17, 15) is 9.18 Å². The second-order valence-electron chi connectivity index (χ2n) is 4.49. The fraction of sp³-hybridized carbons (Fsp3) is 0.286. The van der Waals surface area contributed by atoms with Crippen molar-refractivity contribution in [2.75, 3.05) is 5.32 Å². The summed E-state index contributed by atoms with van der Waals surface area (Å²) in [7, 11) is 0. The molecule has 0 aliphatic heterocycles. The molecule has 0 saturated carbocycles. The lowest BCUT2D eigenvalue weighted by Crippen LogP contribution is -2.24. The van der Waals surface area contributed by atoms with E-state index in [4.69, 9.17) is 0 Å². The van der Waals surface area contributed by atoms with Crippen LogP contribution in [0.5, 0.6) is 0 Å². The fourth-order valence-electron chi connectivity index (χ4n) is 1.83. The molecule has 0 spiro atoms. The van der Waals surface area contributed by atoms with Crippen LogP contribution in [0.1, 0.15) is 18.9 Å². The number of aryl methyl sites for hydroxylation is 1. The van der Waals surface area contributed by atoms with Gasteiger partial charge in [0.2, 0.25) is 0 Å². The molecule has 1 aromatic carbocycles. The minimum absolute atomic E-state index is 0.198. The summed E-state index contributed by atoms with van der Waals surface area (Å²) >= 11 is 6.57. The predicted molar refractivity (Wildman–Crippen MR) is 87.9 cm³/mol. The molecule has 0 bridgehead atoms. The Labute approximate surface area is 138 Å². The van der Waals surface area contributed by atoms with Crippen molar-refractivity contribution in [3.05, 3.63) is 55.1 Å². The summed E-state index contributed by atoms with van der Waals surface area (Å²) in [5.74, 6) is -0.297. The van der Waals surface area contributed by atoms with Crippen molar-refractivity contribution < 1.29 is 4.39 Å².